The van der Waals surface area contributed by atoms with Crippen molar-refractivity contribution in [3.8, 4) is 0 Å². The van der Waals surface area contributed by atoms with E-state index >= 15 is 0 Å². The molecular formula is C5H2F12LiNO4S2. The first-order chi connectivity index (χ1) is 9.96. The van der Waals surface area contributed by atoms with E-state index < -0.39 is 53.0 Å². The van der Waals surface area contributed by atoms with Gasteiger partial charge in [-0.05, 0) is 0 Å². The van der Waals surface area contributed by atoms with Gasteiger partial charge >= 0.3 is 57.7 Å². The SMILES string of the molecule is O=S(=O)(NS(=O)(=O)C(F)(F)C(F)(F)C(F)(F)C(F)(F)F)C(F)(F)F.[LiH]. The average Bonchev–Trinajstić information content (AvgIpc) is 2.23. The van der Waals surface area contributed by atoms with Crippen LogP contribution in [0.2, 0.25) is 0 Å². The molecule has 0 atom stereocenters. The summed E-state index contributed by atoms with van der Waals surface area (Å²) in [6.07, 6.45) is -7.46. The molecule has 0 aromatic heterocycles. The van der Waals surface area contributed by atoms with Gasteiger partial charge in [0.15, 0.2) is 0 Å². The molecule has 0 bridgehead atoms. The molecule has 0 heterocycles. The number of halogens is 12. The molecule has 0 unspecified atom stereocenters. The van der Waals surface area contributed by atoms with Crippen LogP contribution >= 0.6 is 0 Å². The Labute approximate surface area is 142 Å². The Balaban J connectivity index is 0. The Hall–Kier alpha value is -0.383. The standard InChI is InChI=1S/C5HF12NO4S2.Li.H/c6-1(7,3(10,11)12)2(8,9)4(13,14)23(19,20)18-24(21,22)5(15,16)17;;/h18H;;. The van der Waals surface area contributed by atoms with E-state index in [0.717, 1.165) is 0 Å². The summed E-state index contributed by atoms with van der Waals surface area (Å²) in [6.45, 7) is 0. The molecule has 0 rings (SSSR count). The van der Waals surface area contributed by atoms with Crippen LogP contribution < -0.4 is 4.13 Å². The molecule has 148 valence electrons. The number of alkyl halides is 12. The van der Waals surface area contributed by atoms with Crippen LogP contribution in [0.1, 0.15) is 0 Å². The molecule has 0 saturated carbocycles. The number of hydrogen-bond donors (Lipinski definition) is 1. The molecule has 0 aliphatic rings. The van der Waals surface area contributed by atoms with Gasteiger partial charge in [0.1, 0.15) is 0 Å². The quantitative estimate of drug-likeness (QED) is 0.521. The van der Waals surface area contributed by atoms with Gasteiger partial charge in [-0.15, -0.1) is 0 Å². The van der Waals surface area contributed by atoms with E-state index in [4.69, 9.17) is 0 Å². The molecule has 5 nitrogen and oxygen atoms in total. The number of hydrogen-bond acceptors (Lipinski definition) is 4. The Morgan fingerprint density at radius 3 is 1.12 bits per heavy atom. The molecule has 0 radical (unpaired) electrons. The van der Waals surface area contributed by atoms with Gasteiger partial charge in [0, 0.05) is 0 Å². The summed E-state index contributed by atoms with van der Waals surface area (Å²) in [5.74, 6) is -15.6. The molecule has 25 heavy (non-hydrogen) atoms. The fourth-order valence-electron chi connectivity index (χ4n) is 0.774. The van der Waals surface area contributed by atoms with Gasteiger partial charge < -0.3 is 0 Å². The molecule has 0 aliphatic heterocycles. The van der Waals surface area contributed by atoms with Crippen molar-refractivity contribution >= 4 is 38.9 Å². The van der Waals surface area contributed by atoms with Crippen LogP contribution in [-0.4, -0.2) is 64.5 Å². The molecule has 0 amide bonds. The molecule has 20 heteroatoms. The van der Waals surface area contributed by atoms with E-state index in [-0.39, 0.29) is 18.9 Å². The summed E-state index contributed by atoms with van der Waals surface area (Å²) in [5.41, 5.74) is -6.70. The van der Waals surface area contributed by atoms with Gasteiger partial charge in [-0.3, -0.25) is 0 Å². The third-order valence-electron chi connectivity index (χ3n) is 1.98. The molecular weight excluding hydrogens is 437 g/mol. The van der Waals surface area contributed by atoms with Gasteiger partial charge in [0.25, 0.3) is 10.0 Å². The second kappa shape index (κ2) is 6.65. The van der Waals surface area contributed by atoms with E-state index in [0.29, 0.717) is 0 Å². The third kappa shape index (κ3) is 4.31. The minimum atomic E-state index is -7.92. The first-order valence-corrected chi connectivity index (χ1v) is 7.47. The van der Waals surface area contributed by atoms with Crippen molar-refractivity contribution in [2.45, 2.75) is 28.8 Å². The van der Waals surface area contributed by atoms with Crippen LogP contribution in [0.25, 0.3) is 0 Å². The molecule has 0 aromatic rings. The van der Waals surface area contributed by atoms with Gasteiger partial charge in [-0.25, -0.2) is 16.8 Å². The first kappa shape index (κ1) is 26.8. The van der Waals surface area contributed by atoms with Gasteiger partial charge in [-0.2, -0.15) is 52.7 Å². The number of nitrogens with one attached hydrogen (secondary N) is 1. The van der Waals surface area contributed by atoms with Crippen LogP contribution in [0.4, 0.5) is 52.7 Å². The van der Waals surface area contributed by atoms with Crippen LogP contribution in [-0.2, 0) is 20.0 Å². The topological polar surface area (TPSA) is 80.3 Å². The summed E-state index contributed by atoms with van der Waals surface area (Å²) in [7, 11) is -15.3. The predicted molar refractivity (Wildman–Crippen MR) is 55.1 cm³/mol. The fraction of sp³-hybridized carbons (Fsp3) is 1.00. The third-order valence-corrected chi connectivity index (χ3v) is 5.27. The Bertz CT molecular complexity index is 692. The molecule has 0 spiro atoms. The first-order valence-electron chi connectivity index (χ1n) is 4.50. The molecule has 0 aromatic carbocycles. The van der Waals surface area contributed by atoms with Crippen LogP contribution in [0, 0.1) is 0 Å². The summed E-state index contributed by atoms with van der Waals surface area (Å²) in [5, 5.41) is -7.61. The maximum absolute atomic E-state index is 12.9. The molecule has 0 aliphatic carbocycles. The average molecular weight is 439 g/mol. The summed E-state index contributed by atoms with van der Waals surface area (Å²) >= 11 is 0. The zero-order chi connectivity index (χ0) is 20.2. The second-order valence-corrected chi connectivity index (χ2v) is 7.36. The maximum atomic E-state index is 12.9. The number of sulfonamides is 2. The molecule has 0 saturated heterocycles. The summed E-state index contributed by atoms with van der Waals surface area (Å²) in [4.78, 5) is 0. The van der Waals surface area contributed by atoms with Gasteiger partial charge in [-0.1, -0.05) is 4.13 Å². The van der Waals surface area contributed by atoms with Gasteiger partial charge in [0.2, 0.25) is 0 Å². The van der Waals surface area contributed by atoms with Crippen molar-refractivity contribution in [1.82, 2.24) is 4.13 Å². The monoisotopic (exact) mass is 439 g/mol. The van der Waals surface area contributed by atoms with Crippen LogP contribution in [0.15, 0.2) is 0 Å². The van der Waals surface area contributed by atoms with E-state index in [1.807, 2.05) is 0 Å². The van der Waals surface area contributed by atoms with E-state index in [2.05, 4.69) is 0 Å². The van der Waals surface area contributed by atoms with Crippen molar-refractivity contribution in [3.63, 3.8) is 0 Å². The fourth-order valence-corrected chi connectivity index (χ4v) is 3.19. The van der Waals surface area contributed by atoms with Gasteiger partial charge in [0.05, 0.1) is 0 Å². The van der Waals surface area contributed by atoms with E-state index in [1.165, 1.54) is 0 Å². The predicted octanol–water partition coefficient (Wildman–Crippen LogP) is 1.53. The van der Waals surface area contributed by atoms with Crippen molar-refractivity contribution in [1.29, 1.82) is 0 Å². The van der Waals surface area contributed by atoms with E-state index in [1.54, 1.807) is 0 Å². The second-order valence-electron chi connectivity index (χ2n) is 3.70. The van der Waals surface area contributed by atoms with Crippen molar-refractivity contribution in [3.05, 3.63) is 0 Å². The van der Waals surface area contributed by atoms with Crippen molar-refractivity contribution < 1.29 is 69.5 Å². The van der Waals surface area contributed by atoms with Crippen molar-refractivity contribution in [2.24, 2.45) is 0 Å². The minimum absolute atomic E-state index is 0. The van der Waals surface area contributed by atoms with Crippen molar-refractivity contribution in [2.75, 3.05) is 0 Å². The Morgan fingerprint density at radius 2 is 0.880 bits per heavy atom. The zero-order valence-corrected chi connectivity index (χ0v) is 11.6. The Morgan fingerprint density at radius 1 is 0.560 bits per heavy atom. The normalized spacial score (nSPS) is 15.7. The van der Waals surface area contributed by atoms with Crippen LogP contribution in [0.3, 0.4) is 0 Å². The van der Waals surface area contributed by atoms with E-state index in [9.17, 15) is 69.5 Å². The summed E-state index contributed by atoms with van der Waals surface area (Å²) in [6, 6.07) is 0. The zero-order valence-electron chi connectivity index (χ0n) is 9.99. The molecule has 1 N–H and O–H groups in total. The summed E-state index contributed by atoms with van der Waals surface area (Å²) < 4.78 is 187. The number of rotatable bonds is 5. The molecule has 0 fully saturated rings. The Kier molecular flexibility index (Phi) is 7.14. The van der Waals surface area contributed by atoms with Crippen LogP contribution in [0.5, 0.6) is 0 Å².